The quantitative estimate of drug-likeness (QED) is 0.823. The maximum atomic E-state index is 12.7. The number of benzene rings is 2. The third-order valence-corrected chi connectivity index (χ3v) is 5.34. The number of esters is 1. The summed E-state index contributed by atoms with van der Waals surface area (Å²) < 4.78 is 5.07. The van der Waals surface area contributed by atoms with Gasteiger partial charge in [-0.3, -0.25) is 19.9 Å². The van der Waals surface area contributed by atoms with Crippen LogP contribution in [0.1, 0.15) is 29.8 Å². The van der Waals surface area contributed by atoms with Crippen LogP contribution in [0.5, 0.6) is 0 Å². The molecule has 0 aromatic heterocycles. The van der Waals surface area contributed by atoms with Crippen LogP contribution in [0.3, 0.4) is 0 Å². The molecule has 27 heavy (non-hydrogen) atoms. The van der Waals surface area contributed by atoms with Gasteiger partial charge in [0.05, 0.1) is 13.2 Å². The number of fused-ring (bicyclic) bond motifs is 1. The average molecular weight is 386 g/mol. The Labute approximate surface area is 162 Å². The molecule has 0 saturated carbocycles. The second-order valence-corrected chi connectivity index (χ2v) is 7.06. The van der Waals surface area contributed by atoms with E-state index in [1.54, 1.807) is 17.1 Å². The Kier molecular flexibility index (Phi) is 4.86. The van der Waals surface area contributed by atoms with E-state index >= 15 is 0 Å². The van der Waals surface area contributed by atoms with Gasteiger partial charge in [-0.1, -0.05) is 54.1 Å². The number of nitrogens with one attached hydrogen (secondary N) is 1. The Hall–Kier alpha value is -2.41. The van der Waals surface area contributed by atoms with Crippen molar-refractivity contribution < 1.29 is 14.3 Å². The van der Waals surface area contributed by atoms with Gasteiger partial charge in [-0.25, -0.2) is 5.01 Å². The first-order valence-electron chi connectivity index (χ1n) is 8.83. The summed E-state index contributed by atoms with van der Waals surface area (Å²) in [5.74, 6) is -0.339. The summed E-state index contributed by atoms with van der Waals surface area (Å²) in [6.07, 6.45) is -0.0514. The molecule has 6 nitrogen and oxygen atoms in total. The van der Waals surface area contributed by atoms with Crippen molar-refractivity contribution in [3.8, 4) is 0 Å². The fourth-order valence-corrected chi connectivity index (χ4v) is 3.99. The highest BCUT2D eigenvalue weighted by molar-refractivity contribution is 6.30. The number of nitrogens with zero attached hydrogens (tertiary/aromatic N) is 2. The van der Waals surface area contributed by atoms with Crippen molar-refractivity contribution in [1.29, 1.82) is 0 Å². The van der Waals surface area contributed by atoms with Crippen LogP contribution in [0.4, 0.5) is 0 Å². The van der Waals surface area contributed by atoms with Gasteiger partial charge in [-0.15, -0.1) is 0 Å². The summed E-state index contributed by atoms with van der Waals surface area (Å²) >= 11 is 6.01. The number of ether oxygens (including phenoxy) is 1. The van der Waals surface area contributed by atoms with Gasteiger partial charge >= 0.3 is 5.97 Å². The number of methoxy groups -OCH3 is 1. The molecule has 140 valence electrons. The van der Waals surface area contributed by atoms with E-state index in [4.69, 9.17) is 16.3 Å². The van der Waals surface area contributed by atoms with E-state index in [0.29, 0.717) is 18.0 Å². The summed E-state index contributed by atoms with van der Waals surface area (Å²) in [7, 11) is 1.38. The third-order valence-electron chi connectivity index (χ3n) is 5.09. The van der Waals surface area contributed by atoms with E-state index in [1.807, 2.05) is 47.5 Å². The largest absolute Gasteiger partial charge is 0.468 e. The lowest BCUT2D eigenvalue weighted by Crippen LogP contribution is -2.63. The molecular formula is C20H20ClN3O3. The molecule has 2 aliphatic heterocycles. The molecule has 2 aromatic carbocycles. The molecule has 1 amide bonds. The number of carbonyl (C=O) groups excluding carboxylic acids is 2. The summed E-state index contributed by atoms with van der Waals surface area (Å²) in [4.78, 5) is 25.3. The van der Waals surface area contributed by atoms with E-state index < -0.39 is 12.2 Å². The van der Waals surface area contributed by atoms with Crippen LogP contribution in [-0.4, -0.2) is 41.6 Å². The van der Waals surface area contributed by atoms with Crippen molar-refractivity contribution in [1.82, 2.24) is 15.3 Å². The number of hydrogen-bond donors (Lipinski definition) is 1. The lowest BCUT2D eigenvalue weighted by molar-refractivity contribution is -0.173. The summed E-state index contributed by atoms with van der Waals surface area (Å²) in [5.41, 5.74) is 1.81. The minimum absolute atomic E-state index is 0.0201. The number of amides is 1. The maximum absolute atomic E-state index is 12.7. The zero-order valence-electron chi connectivity index (χ0n) is 14.8. The van der Waals surface area contributed by atoms with E-state index in [1.165, 1.54) is 7.11 Å². The van der Waals surface area contributed by atoms with Gasteiger partial charge in [0.2, 0.25) is 5.91 Å². The van der Waals surface area contributed by atoms with Gasteiger partial charge in [-0.2, -0.15) is 0 Å². The highest BCUT2D eigenvalue weighted by atomic mass is 35.5. The summed E-state index contributed by atoms with van der Waals surface area (Å²) in [5, 5.41) is 7.66. The van der Waals surface area contributed by atoms with Crippen LogP contribution in [0.25, 0.3) is 0 Å². The van der Waals surface area contributed by atoms with Crippen molar-refractivity contribution in [2.75, 3.05) is 13.7 Å². The molecule has 4 rings (SSSR count). The number of carbonyl (C=O) groups is 2. The van der Waals surface area contributed by atoms with Gasteiger partial charge in [0.1, 0.15) is 12.2 Å². The number of halogens is 1. The van der Waals surface area contributed by atoms with Crippen molar-refractivity contribution in [2.45, 2.75) is 24.7 Å². The first kappa shape index (κ1) is 18.0. The van der Waals surface area contributed by atoms with Crippen LogP contribution in [-0.2, 0) is 14.3 Å². The number of hydrogen-bond acceptors (Lipinski definition) is 5. The van der Waals surface area contributed by atoms with Gasteiger partial charge in [0.15, 0.2) is 0 Å². The molecule has 1 N–H and O–H groups in total. The van der Waals surface area contributed by atoms with E-state index in [2.05, 4.69) is 5.32 Å². The highest BCUT2D eigenvalue weighted by Crippen LogP contribution is 2.39. The lowest BCUT2D eigenvalue weighted by atomic mass is 9.96. The second kappa shape index (κ2) is 7.31. The lowest BCUT2D eigenvalue weighted by Gasteiger charge is -2.48. The second-order valence-electron chi connectivity index (χ2n) is 6.63. The Bertz CT molecular complexity index is 843. The zero-order chi connectivity index (χ0) is 19.0. The standard InChI is InChI=1S/C20H20ClN3O3/c1-27-20(26)17-18(13-5-3-2-4-6-13)23-12-11-16(25)24(23)19(22-17)14-7-9-15(21)10-8-14/h2-10,17-19,22H,11-12H2,1H3/t17-,18+,19+/m0/s1. The molecule has 2 fully saturated rings. The fraction of sp³-hybridized carbons (Fsp3) is 0.300. The van der Waals surface area contributed by atoms with Crippen LogP contribution in [0.2, 0.25) is 5.02 Å². The summed E-state index contributed by atoms with van der Waals surface area (Å²) in [6, 6.07) is 16.1. The Morgan fingerprint density at radius 1 is 1.11 bits per heavy atom. The average Bonchev–Trinajstić information content (AvgIpc) is 3.09. The first-order valence-corrected chi connectivity index (χ1v) is 9.21. The fourth-order valence-electron chi connectivity index (χ4n) is 3.87. The van der Waals surface area contributed by atoms with Crippen LogP contribution < -0.4 is 5.32 Å². The van der Waals surface area contributed by atoms with E-state index in [-0.39, 0.29) is 17.9 Å². The monoisotopic (exact) mass is 385 g/mol. The highest BCUT2D eigenvalue weighted by Gasteiger charge is 2.50. The summed E-state index contributed by atoms with van der Waals surface area (Å²) in [6.45, 7) is 0.553. The molecule has 0 spiro atoms. The predicted octanol–water partition coefficient (Wildman–Crippen LogP) is 2.67. The van der Waals surface area contributed by atoms with E-state index in [9.17, 15) is 9.59 Å². The van der Waals surface area contributed by atoms with Crippen molar-refractivity contribution in [3.63, 3.8) is 0 Å². The first-order chi connectivity index (χ1) is 13.1. The molecule has 7 heteroatoms. The topological polar surface area (TPSA) is 61.9 Å². The maximum Gasteiger partial charge on any atom is 0.325 e. The van der Waals surface area contributed by atoms with Gasteiger partial charge in [0, 0.05) is 18.0 Å². The molecule has 0 unspecified atom stereocenters. The normalized spacial score (nSPS) is 25.3. The van der Waals surface area contributed by atoms with Crippen LogP contribution >= 0.6 is 11.6 Å². The molecule has 3 atom stereocenters. The van der Waals surface area contributed by atoms with Crippen molar-refractivity contribution >= 4 is 23.5 Å². The molecule has 2 saturated heterocycles. The molecule has 0 radical (unpaired) electrons. The van der Waals surface area contributed by atoms with Crippen LogP contribution in [0, 0.1) is 0 Å². The SMILES string of the molecule is COC(=O)[C@H]1N[C@@H](c2ccc(Cl)cc2)N2C(=O)CCN2[C@@H]1c1ccccc1. The minimum Gasteiger partial charge on any atom is -0.468 e. The Morgan fingerprint density at radius 2 is 1.81 bits per heavy atom. The number of rotatable bonds is 3. The van der Waals surface area contributed by atoms with Crippen molar-refractivity contribution in [3.05, 3.63) is 70.7 Å². The van der Waals surface area contributed by atoms with E-state index in [0.717, 1.165) is 11.1 Å². The third kappa shape index (κ3) is 3.20. The molecule has 0 aliphatic carbocycles. The van der Waals surface area contributed by atoms with Crippen LogP contribution in [0.15, 0.2) is 54.6 Å². The van der Waals surface area contributed by atoms with Gasteiger partial charge in [-0.05, 0) is 23.3 Å². The minimum atomic E-state index is -0.611. The molecule has 2 aromatic rings. The smallest absolute Gasteiger partial charge is 0.325 e. The Morgan fingerprint density at radius 3 is 2.48 bits per heavy atom. The molecule has 0 bridgehead atoms. The van der Waals surface area contributed by atoms with Crippen molar-refractivity contribution in [2.24, 2.45) is 0 Å². The zero-order valence-corrected chi connectivity index (χ0v) is 15.6. The number of hydrazine groups is 1. The molecule has 2 aliphatic rings. The Balaban J connectivity index is 1.78. The predicted molar refractivity (Wildman–Crippen MR) is 100 cm³/mol. The molecular weight excluding hydrogens is 366 g/mol. The van der Waals surface area contributed by atoms with Gasteiger partial charge in [0.25, 0.3) is 0 Å². The molecule has 2 heterocycles. The van der Waals surface area contributed by atoms with Gasteiger partial charge < -0.3 is 4.74 Å².